The van der Waals surface area contributed by atoms with E-state index in [4.69, 9.17) is 16.2 Å². The number of nitrogens with two attached hydrogens (primary N) is 2. The van der Waals surface area contributed by atoms with Gasteiger partial charge in [-0.2, -0.15) is 5.43 Å². The molecule has 1 unspecified atom stereocenters. The van der Waals surface area contributed by atoms with E-state index in [-0.39, 0.29) is 11.8 Å². The summed E-state index contributed by atoms with van der Waals surface area (Å²) in [6.07, 6.45) is 1.69. The summed E-state index contributed by atoms with van der Waals surface area (Å²) >= 11 is 0. The van der Waals surface area contributed by atoms with E-state index in [0.29, 0.717) is 43.4 Å². The number of nitrogens with zero attached hydrogens (tertiary/aromatic N) is 4. The number of benzene rings is 2. The van der Waals surface area contributed by atoms with Crippen molar-refractivity contribution in [3.05, 3.63) is 66.1 Å². The Hall–Kier alpha value is -3.27. The number of guanidine groups is 1. The molecule has 0 spiro atoms. The van der Waals surface area contributed by atoms with Gasteiger partial charge in [0.2, 0.25) is 11.7 Å². The minimum Gasteiger partial charge on any atom is -0.378 e. The number of aliphatic imine (C=N–C) groups is 1. The standard InChI is InChI=1S/C21H22FN7O/c22-17-13-15(5-6-18(17)28-9-11-30-12-10-28)21(24)26-20(23)29(27-21)19-16-4-2-1-3-14(16)7-8-25-19/h1-8,13,27H,9-12,24H2,(H2,23,26). The average molecular weight is 407 g/mol. The summed E-state index contributed by atoms with van der Waals surface area (Å²) in [6, 6.07) is 14.6. The number of hydrazine groups is 1. The van der Waals surface area contributed by atoms with Crippen LogP contribution in [0.2, 0.25) is 0 Å². The largest absolute Gasteiger partial charge is 0.378 e. The lowest BCUT2D eigenvalue weighted by molar-refractivity contribution is 0.122. The van der Waals surface area contributed by atoms with Gasteiger partial charge >= 0.3 is 0 Å². The second kappa shape index (κ2) is 7.21. The van der Waals surface area contributed by atoms with Gasteiger partial charge in [0.25, 0.3) is 0 Å². The van der Waals surface area contributed by atoms with Gasteiger partial charge in [0, 0.05) is 30.2 Å². The number of nitrogens with one attached hydrogen (secondary N) is 1. The first-order valence-corrected chi connectivity index (χ1v) is 9.74. The Morgan fingerprint density at radius 2 is 1.90 bits per heavy atom. The number of aromatic nitrogens is 1. The quantitative estimate of drug-likeness (QED) is 0.606. The van der Waals surface area contributed by atoms with Crippen molar-refractivity contribution in [2.45, 2.75) is 5.79 Å². The smallest absolute Gasteiger partial charge is 0.215 e. The van der Waals surface area contributed by atoms with Crippen LogP contribution in [0.25, 0.3) is 10.8 Å². The molecule has 2 aromatic carbocycles. The van der Waals surface area contributed by atoms with Crippen LogP contribution < -0.4 is 26.8 Å². The van der Waals surface area contributed by atoms with E-state index < -0.39 is 5.79 Å². The molecule has 8 nitrogen and oxygen atoms in total. The van der Waals surface area contributed by atoms with E-state index in [2.05, 4.69) is 15.4 Å². The minimum absolute atomic E-state index is 0.152. The number of pyridine rings is 1. The molecule has 154 valence electrons. The first kappa shape index (κ1) is 18.7. The van der Waals surface area contributed by atoms with Crippen molar-refractivity contribution in [1.82, 2.24) is 10.4 Å². The number of morpholine rings is 1. The average Bonchev–Trinajstić information content (AvgIpc) is 3.09. The number of hydrogen-bond donors (Lipinski definition) is 3. The maximum atomic E-state index is 14.9. The molecular formula is C21H22FN7O. The van der Waals surface area contributed by atoms with Crippen LogP contribution >= 0.6 is 0 Å². The van der Waals surface area contributed by atoms with Gasteiger partial charge in [-0.1, -0.05) is 30.3 Å². The summed E-state index contributed by atoms with van der Waals surface area (Å²) in [5.74, 6) is -1.05. The van der Waals surface area contributed by atoms with Crippen LogP contribution in [-0.2, 0) is 10.5 Å². The fourth-order valence-electron chi connectivity index (χ4n) is 3.86. The molecule has 0 aliphatic carbocycles. The van der Waals surface area contributed by atoms with Crippen LogP contribution in [0.5, 0.6) is 0 Å². The second-order valence-corrected chi connectivity index (χ2v) is 7.30. The Morgan fingerprint density at radius 1 is 1.10 bits per heavy atom. The number of halogens is 1. The van der Waals surface area contributed by atoms with Crippen LogP contribution in [-0.4, -0.2) is 37.2 Å². The first-order chi connectivity index (χ1) is 14.5. The lowest BCUT2D eigenvalue weighted by Gasteiger charge is -2.30. The fourth-order valence-corrected chi connectivity index (χ4v) is 3.86. The summed E-state index contributed by atoms with van der Waals surface area (Å²) in [7, 11) is 0. The van der Waals surface area contributed by atoms with Crippen molar-refractivity contribution in [1.29, 1.82) is 0 Å². The number of ether oxygens (including phenoxy) is 1. The number of rotatable bonds is 3. The zero-order valence-corrected chi connectivity index (χ0v) is 16.3. The first-order valence-electron chi connectivity index (χ1n) is 9.74. The Morgan fingerprint density at radius 3 is 2.70 bits per heavy atom. The molecule has 1 atom stereocenters. The predicted molar refractivity (Wildman–Crippen MR) is 114 cm³/mol. The van der Waals surface area contributed by atoms with E-state index in [1.54, 1.807) is 18.3 Å². The summed E-state index contributed by atoms with van der Waals surface area (Å²) in [6.45, 7) is 2.45. The zero-order valence-electron chi connectivity index (χ0n) is 16.3. The van der Waals surface area contributed by atoms with Gasteiger partial charge in [-0.3, -0.25) is 5.73 Å². The van der Waals surface area contributed by atoms with E-state index in [1.807, 2.05) is 35.2 Å². The van der Waals surface area contributed by atoms with Crippen LogP contribution in [0.1, 0.15) is 5.56 Å². The van der Waals surface area contributed by atoms with E-state index in [9.17, 15) is 4.39 Å². The molecule has 5 rings (SSSR count). The molecule has 2 aliphatic heterocycles. The Labute approximate surface area is 172 Å². The van der Waals surface area contributed by atoms with E-state index in [0.717, 1.165) is 10.8 Å². The molecule has 0 amide bonds. The molecule has 0 bridgehead atoms. The molecule has 0 saturated carbocycles. The summed E-state index contributed by atoms with van der Waals surface area (Å²) in [5, 5.41) is 3.44. The molecule has 9 heteroatoms. The highest BCUT2D eigenvalue weighted by Crippen LogP contribution is 2.31. The maximum Gasteiger partial charge on any atom is 0.215 e. The van der Waals surface area contributed by atoms with Gasteiger partial charge in [0.15, 0.2) is 5.82 Å². The summed E-state index contributed by atoms with van der Waals surface area (Å²) in [4.78, 5) is 10.8. The van der Waals surface area contributed by atoms with Gasteiger partial charge in [0.1, 0.15) is 5.82 Å². The third kappa shape index (κ3) is 3.13. The van der Waals surface area contributed by atoms with Crippen LogP contribution in [0, 0.1) is 5.82 Å². The monoisotopic (exact) mass is 407 g/mol. The van der Waals surface area contributed by atoms with E-state index >= 15 is 0 Å². The third-order valence-corrected chi connectivity index (χ3v) is 5.41. The molecule has 5 N–H and O–H groups in total. The Kier molecular flexibility index (Phi) is 4.50. The highest BCUT2D eigenvalue weighted by molar-refractivity contribution is 6.03. The highest BCUT2D eigenvalue weighted by atomic mass is 19.1. The molecular weight excluding hydrogens is 385 g/mol. The molecule has 3 aromatic rings. The summed E-state index contributed by atoms with van der Waals surface area (Å²) in [5.41, 5.74) is 16.7. The fraction of sp³-hybridized carbons (Fsp3) is 0.238. The van der Waals surface area contributed by atoms with Gasteiger partial charge in [-0.25, -0.2) is 19.4 Å². The highest BCUT2D eigenvalue weighted by Gasteiger charge is 2.38. The number of anilines is 2. The van der Waals surface area contributed by atoms with Gasteiger partial charge < -0.3 is 15.4 Å². The van der Waals surface area contributed by atoms with Gasteiger partial charge in [0.05, 0.1) is 18.9 Å². The molecule has 2 aliphatic rings. The SMILES string of the molecule is NC1=NC(N)(c2ccc(N3CCOCC3)c(F)c2)NN1c1nccc2ccccc12. The van der Waals surface area contributed by atoms with Gasteiger partial charge in [-0.05, 0) is 23.6 Å². The topological polar surface area (TPSA) is 105 Å². The molecule has 30 heavy (non-hydrogen) atoms. The van der Waals surface area contributed by atoms with Crippen molar-refractivity contribution < 1.29 is 9.13 Å². The second-order valence-electron chi connectivity index (χ2n) is 7.30. The van der Waals surface area contributed by atoms with Crippen molar-refractivity contribution in [3.63, 3.8) is 0 Å². The predicted octanol–water partition coefficient (Wildman–Crippen LogP) is 1.62. The summed E-state index contributed by atoms with van der Waals surface area (Å²) < 4.78 is 20.3. The van der Waals surface area contributed by atoms with E-state index in [1.165, 1.54) is 11.1 Å². The molecule has 0 radical (unpaired) electrons. The van der Waals surface area contributed by atoms with Crippen LogP contribution in [0.15, 0.2) is 59.7 Å². The molecule has 1 aromatic heterocycles. The minimum atomic E-state index is -1.41. The van der Waals surface area contributed by atoms with Crippen LogP contribution in [0.4, 0.5) is 15.9 Å². The molecule has 1 saturated heterocycles. The number of fused-ring (bicyclic) bond motifs is 1. The normalized spacial score (nSPS) is 21.9. The maximum absolute atomic E-state index is 14.9. The van der Waals surface area contributed by atoms with Crippen molar-refractivity contribution in [2.75, 3.05) is 36.2 Å². The molecule has 3 heterocycles. The lowest BCUT2D eigenvalue weighted by atomic mass is 10.1. The van der Waals surface area contributed by atoms with Crippen molar-refractivity contribution in [2.24, 2.45) is 16.5 Å². The number of hydrogen-bond acceptors (Lipinski definition) is 8. The lowest BCUT2D eigenvalue weighted by Crippen LogP contribution is -2.53. The zero-order chi connectivity index (χ0) is 20.7. The molecule has 1 fully saturated rings. The van der Waals surface area contributed by atoms with Crippen molar-refractivity contribution in [3.8, 4) is 0 Å². The Balaban J connectivity index is 1.46. The van der Waals surface area contributed by atoms with Crippen LogP contribution in [0.3, 0.4) is 0 Å². The third-order valence-electron chi connectivity index (χ3n) is 5.41. The van der Waals surface area contributed by atoms with Gasteiger partial charge in [-0.15, -0.1) is 0 Å². The Bertz CT molecular complexity index is 1130. The van der Waals surface area contributed by atoms with Crippen molar-refractivity contribution >= 4 is 28.2 Å².